The molecule has 1 aromatic heterocycles. The van der Waals surface area contributed by atoms with Crippen LogP contribution in [0.3, 0.4) is 0 Å². The van der Waals surface area contributed by atoms with Gasteiger partial charge in [-0.25, -0.2) is 9.78 Å². The Labute approximate surface area is 151 Å². The Kier molecular flexibility index (Phi) is 7.49. The third-order valence-electron chi connectivity index (χ3n) is 4.37. The molecular weight excluding hydrogens is 344 g/mol. The van der Waals surface area contributed by atoms with Crippen LogP contribution in [0.2, 0.25) is 0 Å². The van der Waals surface area contributed by atoms with Crippen molar-refractivity contribution in [2.45, 2.75) is 57.5 Å². The molecule has 1 fully saturated rings. The van der Waals surface area contributed by atoms with Gasteiger partial charge in [0, 0.05) is 13.0 Å². The van der Waals surface area contributed by atoms with E-state index in [1.165, 1.54) is 10.9 Å². The number of aromatic nitrogens is 3. The SMILES string of the molecule is CCCC(CCCOC[C@H]1O[C@@H](n2cnc(N)nc2=O)C[C@@H]1O)C(=O)O. The fourth-order valence-corrected chi connectivity index (χ4v) is 2.96. The smallest absolute Gasteiger partial charge is 0.354 e. The molecule has 2 heterocycles. The van der Waals surface area contributed by atoms with Crippen molar-refractivity contribution in [3.8, 4) is 0 Å². The predicted octanol–water partition coefficient (Wildman–Crippen LogP) is 0.167. The highest BCUT2D eigenvalue weighted by molar-refractivity contribution is 5.69. The number of nitrogen functional groups attached to an aromatic ring is 1. The first kappa shape index (κ1) is 20.3. The first-order chi connectivity index (χ1) is 12.4. The zero-order valence-corrected chi connectivity index (χ0v) is 14.8. The molecule has 1 unspecified atom stereocenters. The van der Waals surface area contributed by atoms with Gasteiger partial charge in [0.15, 0.2) is 0 Å². The van der Waals surface area contributed by atoms with Crippen LogP contribution >= 0.6 is 0 Å². The second-order valence-corrected chi connectivity index (χ2v) is 6.38. The molecule has 10 heteroatoms. The lowest BCUT2D eigenvalue weighted by Crippen LogP contribution is -2.29. The van der Waals surface area contributed by atoms with Crippen molar-refractivity contribution >= 4 is 11.9 Å². The monoisotopic (exact) mass is 370 g/mol. The molecule has 0 saturated carbocycles. The van der Waals surface area contributed by atoms with Crippen LogP contribution in [0.1, 0.15) is 45.3 Å². The molecule has 26 heavy (non-hydrogen) atoms. The van der Waals surface area contributed by atoms with Crippen LogP contribution in [0, 0.1) is 5.92 Å². The van der Waals surface area contributed by atoms with Crippen molar-refractivity contribution < 1.29 is 24.5 Å². The molecule has 1 aliphatic rings. The molecule has 1 aromatic rings. The summed E-state index contributed by atoms with van der Waals surface area (Å²) in [6, 6.07) is 0. The highest BCUT2D eigenvalue weighted by Crippen LogP contribution is 2.27. The molecule has 0 radical (unpaired) electrons. The molecule has 4 N–H and O–H groups in total. The third kappa shape index (κ3) is 5.48. The Hall–Kier alpha value is -2.04. The summed E-state index contributed by atoms with van der Waals surface area (Å²) in [4.78, 5) is 30.2. The molecule has 10 nitrogen and oxygen atoms in total. The Balaban J connectivity index is 1.75. The van der Waals surface area contributed by atoms with Gasteiger partial charge in [-0.05, 0) is 19.3 Å². The maximum atomic E-state index is 11.8. The third-order valence-corrected chi connectivity index (χ3v) is 4.37. The van der Waals surface area contributed by atoms with E-state index in [2.05, 4.69) is 9.97 Å². The number of hydrogen-bond acceptors (Lipinski definition) is 8. The Morgan fingerprint density at radius 3 is 2.96 bits per heavy atom. The van der Waals surface area contributed by atoms with Crippen LogP contribution in [0.4, 0.5) is 5.95 Å². The van der Waals surface area contributed by atoms with Gasteiger partial charge < -0.3 is 25.4 Å². The zero-order valence-electron chi connectivity index (χ0n) is 14.8. The van der Waals surface area contributed by atoms with E-state index < -0.39 is 30.1 Å². The van der Waals surface area contributed by atoms with Gasteiger partial charge in [0.05, 0.1) is 18.6 Å². The molecule has 0 aromatic carbocycles. The average molecular weight is 370 g/mol. The average Bonchev–Trinajstić information content (AvgIpc) is 2.94. The molecule has 1 aliphatic heterocycles. The fourth-order valence-electron chi connectivity index (χ4n) is 2.96. The number of ether oxygens (including phenoxy) is 2. The van der Waals surface area contributed by atoms with Crippen LogP contribution in [0.15, 0.2) is 11.1 Å². The number of carboxylic acids is 1. The summed E-state index contributed by atoms with van der Waals surface area (Å²) in [5.41, 5.74) is 4.76. The normalized spacial score (nSPS) is 23.8. The van der Waals surface area contributed by atoms with Gasteiger partial charge in [0.25, 0.3) is 0 Å². The molecule has 0 spiro atoms. The minimum atomic E-state index is -0.781. The predicted molar refractivity (Wildman–Crippen MR) is 91.3 cm³/mol. The number of carbonyl (C=O) groups is 1. The first-order valence-electron chi connectivity index (χ1n) is 8.77. The van der Waals surface area contributed by atoms with Crippen LogP contribution in [-0.4, -0.2) is 56.1 Å². The summed E-state index contributed by atoms with van der Waals surface area (Å²) in [5, 5.41) is 19.2. The quantitative estimate of drug-likeness (QED) is 0.490. The molecule has 0 amide bonds. The Morgan fingerprint density at radius 1 is 1.54 bits per heavy atom. The van der Waals surface area contributed by atoms with Crippen LogP contribution in [0.25, 0.3) is 0 Å². The number of hydrogen-bond donors (Lipinski definition) is 3. The number of nitrogens with zero attached hydrogens (tertiary/aromatic N) is 3. The largest absolute Gasteiger partial charge is 0.481 e. The van der Waals surface area contributed by atoms with Crippen molar-refractivity contribution in [1.29, 1.82) is 0 Å². The van der Waals surface area contributed by atoms with E-state index in [1.54, 1.807) is 0 Å². The van der Waals surface area contributed by atoms with Crippen LogP contribution < -0.4 is 11.4 Å². The molecule has 2 rings (SSSR count). The van der Waals surface area contributed by atoms with Crippen molar-refractivity contribution in [2.24, 2.45) is 5.92 Å². The minimum Gasteiger partial charge on any atom is -0.481 e. The number of rotatable bonds is 10. The number of aliphatic carboxylic acids is 1. The van der Waals surface area contributed by atoms with Gasteiger partial charge in [0.1, 0.15) is 18.7 Å². The zero-order chi connectivity index (χ0) is 19.1. The molecule has 4 atom stereocenters. The molecule has 0 aliphatic carbocycles. The lowest BCUT2D eigenvalue weighted by Gasteiger charge is -2.16. The van der Waals surface area contributed by atoms with E-state index in [9.17, 15) is 14.7 Å². The van der Waals surface area contributed by atoms with E-state index in [0.717, 1.165) is 6.42 Å². The van der Waals surface area contributed by atoms with E-state index in [4.69, 9.17) is 20.3 Å². The number of aliphatic hydroxyl groups is 1. The summed E-state index contributed by atoms with van der Waals surface area (Å²) in [7, 11) is 0. The van der Waals surface area contributed by atoms with Gasteiger partial charge >= 0.3 is 11.7 Å². The fraction of sp³-hybridized carbons (Fsp3) is 0.750. The van der Waals surface area contributed by atoms with E-state index >= 15 is 0 Å². The summed E-state index contributed by atoms with van der Waals surface area (Å²) < 4.78 is 12.4. The van der Waals surface area contributed by atoms with Gasteiger partial charge in [0.2, 0.25) is 5.95 Å². The van der Waals surface area contributed by atoms with Crippen molar-refractivity contribution in [2.75, 3.05) is 18.9 Å². The molecule has 1 saturated heterocycles. The highest BCUT2D eigenvalue weighted by Gasteiger charge is 2.35. The van der Waals surface area contributed by atoms with Crippen LogP contribution in [-0.2, 0) is 14.3 Å². The summed E-state index contributed by atoms with van der Waals surface area (Å²) in [5.74, 6) is -1.24. The lowest BCUT2D eigenvalue weighted by molar-refractivity contribution is -0.142. The topological polar surface area (TPSA) is 150 Å². The number of aliphatic hydroxyl groups excluding tert-OH is 1. The van der Waals surface area contributed by atoms with Gasteiger partial charge in [-0.15, -0.1) is 0 Å². The molecular formula is C16H26N4O6. The Bertz CT molecular complexity index is 652. The van der Waals surface area contributed by atoms with Crippen molar-refractivity contribution in [1.82, 2.24) is 14.5 Å². The minimum absolute atomic E-state index is 0.118. The first-order valence-corrected chi connectivity index (χ1v) is 8.77. The number of anilines is 1. The maximum absolute atomic E-state index is 11.8. The number of nitrogens with two attached hydrogens (primary N) is 1. The highest BCUT2D eigenvalue weighted by atomic mass is 16.6. The van der Waals surface area contributed by atoms with Gasteiger partial charge in [-0.1, -0.05) is 13.3 Å². The second-order valence-electron chi connectivity index (χ2n) is 6.38. The second kappa shape index (κ2) is 9.60. The van der Waals surface area contributed by atoms with Crippen LogP contribution in [0.5, 0.6) is 0 Å². The Morgan fingerprint density at radius 2 is 2.31 bits per heavy atom. The van der Waals surface area contributed by atoms with Crippen molar-refractivity contribution in [3.63, 3.8) is 0 Å². The van der Waals surface area contributed by atoms with Gasteiger partial charge in [-0.2, -0.15) is 4.98 Å². The van der Waals surface area contributed by atoms with E-state index in [-0.39, 0.29) is 24.9 Å². The lowest BCUT2D eigenvalue weighted by atomic mass is 9.98. The summed E-state index contributed by atoms with van der Waals surface area (Å²) >= 11 is 0. The van der Waals surface area contributed by atoms with Crippen molar-refractivity contribution in [3.05, 3.63) is 16.8 Å². The number of carboxylic acid groups (broad SMARTS) is 1. The maximum Gasteiger partial charge on any atom is 0.354 e. The van der Waals surface area contributed by atoms with Gasteiger partial charge in [-0.3, -0.25) is 9.36 Å². The van der Waals surface area contributed by atoms with E-state index in [0.29, 0.717) is 25.9 Å². The molecule has 146 valence electrons. The standard InChI is InChI=1S/C16H26N4O6/c1-2-4-10(14(22)23)5-3-6-25-8-12-11(21)7-13(26-12)20-9-18-15(17)19-16(20)24/h9-13,21H,2-8H2,1H3,(H,22,23)(H2,17,19,24)/t10?,11-,12+,13+/m0/s1. The summed E-state index contributed by atoms with van der Waals surface area (Å²) in [6.07, 6.45) is 2.09. The van der Waals surface area contributed by atoms with E-state index in [1.807, 2.05) is 6.92 Å². The molecule has 0 bridgehead atoms. The summed E-state index contributed by atoms with van der Waals surface area (Å²) in [6.45, 7) is 2.50.